The van der Waals surface area contributed by atoms with E-state index in [1.54, 1.807) is 6.07 Å². The molecule has 2 heterocycles. The van der Waals surface area contributed by atoms with Gasteiger partial charge in [-0.2, -0.15) is 0 Å². The Balaban J connectivity index is 1.52. The van der Waals surface area contributed by atoms with Crippen molar-refractivity contribution in [3.05, 3.63) is 59.9 Å². The number of amides is 1. The molecule has 0 radical (unpaired) electrons. The van der Waals surface area contributed by atoms with Gasteiger partial charge in [0.25, 0.3) is 5.91 Å². The van der Waals surface area contributed by atoms with Crippen molar-refractivity contribution in [3.8, 4) is 11.1 Å². The number of likely N-dealkylation sites (tertiary alicyclic amines) is 2. The molecule has 2 aromatic rings. The third-order valence-electron chi connectivity index (χ3n) is 5.61. The van der Waals surface area contributed by atoms with Gasteiger partial charge in [0, 0.05) is 19.1 Å². The lowest BCUT2D eigenvalue weighted by Crippen LogP contribution is -2.42. The number of rotatable bonds is 4. The van der Waals surface area contributed by atoms with E-state index in [9.17, 15) is 9.18 Å². The fourth-order valence-corrected chi connectivity index (χ4v) is 4.21. The first-order valence-corrected chi connectivity index (χ1v) is 9.61. The molecule has 1 atom stereocenters. The highest BCUT2D eigenvalue weighted by atomic mass is 19.1. The quantitative estimate of drug-likeness (QED) is 0.824. The van der Waals surface area contributed by atoms with Crippen molar-refractivity contribution in [2.24, 2.45) is 0 Å². The van der Waals surface area contributed by atoms with Crippen LogP contribution < -0.4 is 0 Å². The van der Waals surface area contributed by atoms with E-state index in [1.165, 1.54) is 18.9 Å². The molecule has 4 heteroatoms. The number of benzene rings is 2. The second-order valence-electron chi connectivity index (χ2n) is 7.36. The van der Waals surface area contributed by atoms with Crippen LogP contribution in [-0.4, -0.2) is 47.9 Å². The van der Waals surface area contributed by atoms with E-state index < -0.39 is 5.82 Å². The third-order valence-corrected chi connectivity index (χ3v) is 5.61. The molecule has 2 saturated heterocycles. The highest BCUT2D eigenvalue weighted by Crippen LogP contribution is 2.26. The summed E-state index contributed by atoms with van der Waals surface area (Å²) in [6, 6.07) is 14.9. The molecular formula is C22H25FN2O. The molecule has 0 aliphatic carbocycles. The highest BCUT2D eigenvalue weighted by molar-refractivity contribution is 5.95. The zero-order chi connectivity index (χ0) is 17.9. The van der Waals surface area contributed by atoms with Crippen molar-refractivity contribution in [1.29, 1.82) is 0 Å². The fraction of sp³-hybridized carbons (Fsp3) is 0.409. The minimum absolute atomic E-state index is 0.163. The van der Waals surface area contributed by atoms with E-state index >= 15 is 0 Å². The first kappa shape index (κ1) is 17.2. The van der Waals surface area contributed by atoms with E-state index in [4.69, 9.17) is 0 Å². The number of hydrogen-bond acceptors (Lipinski definition) is 2. The van der Waals surface area contributed by atoms with Crippen LogP contribution in [0.4, 0.5) is 4.39 Å². The summed E-state index contributed by atoms with van der Waals surface area (Å²) in [7, 11) is 0. The van der Waals surface area contributed by atoms with Crippen LogP contribution in [0.3, 0.4) is 0 Å². The van der Waals surface area contributed by atoms with Crippen LogP contribution in [0.2, 0.25) is 0 Å². The van der Waals surface area contributed by atoms with Crippen LogP contribution in [-0.2, 0) is 0 Å². The topological polar surface area (TPSA) is 23.6 Å². The third kappa shape index (κ3) is 3.51. The Bertz CT molecular complexity index is 771. The van der Waals surface area contributed by atoms with Crippen molar-refractivity contribution >= 4 is 5.91 Å². The number of hydrogen-bond donors (Lipinski definition) is 0. The molecule has 2 aliphatic heterocycles. The van der Waals surface area contributed by atoms with Crippen molar-refractivity contribution in [2.75, 3.05) is 26.2 Å². The molecular weight excluding hydrogens is 327 g/mol. The lowest BCUT2D eigenvalue weighted by molar-refractivity contribution is 0.0704. The summed E-state index contributed by atoms with van der Waals surface area (Å²) in [5.74, 6) is -0.591. The maximum absolute atomic E-state index is 14.7. The van der Waals surface area contributed by atoms with E-state index in [1.807, 2.05) is 41.3 Å². The first-order valence-electron chi connectivity index (χ1n) is 9.61. The molecule has 1 amide bonds. The molecule has 1 unspecified atom stereocenters. The molecule has 2 aliphatic rings. The van der Waals surface area contributed by atoms with Gasteiger partial charge in [0.05, 0.1) is 5.56 Å². The van der Waals surface area contributed by atoms with Crippen molar-refractivity contribution in [2.45, 2.75) is 31.7 Å². The Labute approximate surface area is 154 Å². The normalized spacial score (nSPS) is 20.7. The minimum atomic E-state index is -0.428. The number of halogens is 1. The Hall–Kier alpha value is -2.20. The molecule has 4 rings (SSSR count). The van der Waals surface area contributed by atoms with E-state index in [0.717, 1.165) is 50.1 Å². The molecule has 0 saturated carbocycles. The minimum Gasteiger partial charge on any atom is -0.334 e. The molecule has 2 aromatic carbocycles. The van der Waals surface area contributed by atoms with Gasteiger partial charge in [0.1, 0.15) is 5.82 Å². The smallest absolute Gasteiger partial charge is 0.257 e. The monoisotopic (exact) mass is 352 g/mol. The summed E-state index contributed by atoms with van der Waals surface area (Å²) in [5.41, 5.74) is 1.95. The summed E-state index contributed by atoms with van der Waals surface area (Å²) in [6.45, 7) is 3.91. The SMILES string of the molecule is O=C(c1ccc(-c2ccccc2)cc1F)N1CCCC1CN1CCCC1. The van der Waals surface area contributed by atoms with Crippen LogP contribution in [0.15, 0.2) is 48.5 Å². The standard InChI is InChI=1S/C22H25FN2O/c23-21-15-18(17-7-2-1-3-8-17)10-11-20(21)22(26)25-14-6-9-19(25)16-24-12-4-5-13-24/h1-3,7-8,10-11,15,19H,4-6,9,12-14,16H2. The first-order chi connectivity index (χ1) is 12.7. The van der Waals surface area contributed by atoms with Crippen LogP contribution in [0.1, 0.15) is 36.0 Å². The summed E-state index contributed by atoms with van der Waals surface area (Å²) in [5, 5.41) is 0. The molecule has 136 valence electrons. The van der Waals surface area contributed by atoms with Crippen LogP contribution in [0.5, 0.6) is 0 Å². The largest absolute Gasteiger partial charge is 0.334 e. The van der Waals surface area contributed by atoms with Gasteiger partial charge in [-0.1, -0.05) is 36.4 Å². The fourth-order valence-electron chi connectivity index (χ4n) is 4.21. The summed E-state index contributed by atoms with van der Waals surface area (Å²) in [6.07, 6.45) is 4.52. The number of carbonyl (C=O) groups excluding carboxylic acids is 1. The van der Waals surface area contributed by atoms with E-state index in [2.05, 4.69) is 4.90 Å². The van der Waals surface area contributed by atoms with Crippen molar-refractivity contribution in [1.82, 2.24) is 9.80 Å². The summed E-state index contributed by atoms with van der Waals surface area (Å²) in [4.78, 5) is 17.3. The van der Waals surface area contributed by atoms with Gasteiger partial charge < -0.3 is 9.80 Å². The lowest BCUT2D eigenvalue weighted by atomic mass is 10.0. The molecule has 3 nitrogen and oxygen atoms in total. The Morgan fingerprint density at radius 2 is 1.73 bits per heavy atom. The molecule has 0 spiro atoms. The van der Waals surface area contributed by atoms with Gasteiger partial charge in [-0.3, -0.25) is 4.79 Å². The zero-order valence-corrected chi connectivity index (χ0v) is 15.0. The van der Waals surface area contributed by atoms with Gasteiger partial charge in [0.2, 0.25) is 0 Å². The van der Waals surface area contributed by atoms with Crippen LogP contribution in [0.25, 0.3) is 11.1 Å². The maximum Gasteiger partial charge on any atom is 0.257 e. The van der Waals surface area contributed by atoms with Crippen molar-refractivity contribution in [3.63, 3.8) is 0 Å². The summed E-state index contributed by atoms with van der Waals surface area (Å²) >= 11 is 0. The van der Waals surface area contributed by atoms with Gasteiger partial charge in [0.15, 0.2) is 0 Å². The Kier molecular flexibility index (Phi) is 5.02. The van der Waals surface area contributed by atoms with Gasteiger partial charge in [-0.25, -0.2) is 4.39 Å². The van der Waals surface area contributed by atoms with Crippen LogP contribution >= 0.6 is 0 Å². The highest BCUT2D eigenvalue weighted by Gasteiger charge is 2.32. The molecule has 0 N–H and O–H groups in total. The average molecular weight is 352 g/mol. The van der Waals surface area contributed by atoms with Gasteiger partial charge >= 0.3 is 0 Å². The molecule has 26 heavy (non-hydrogen) atoms. The second kappa shape index (κ2) is 7.58. The predicted molar refractivity (Wildman–Crippen MR) is 102 cm³/mol. The van der Waals surface area contributed by atoms with E-state index in [0.29, 0.717) is 0 Å². The summed E-state index contributed by atoms with van der Waals surface area (Å²) < 4.78 is 14.7. The van der Waals surface area contributed by atoms with Gasteiger partial charge in [-0.05, 0) is 62.0 Å². The van der Waals surface area contributed by atoms with Crippen LogP contribution in [0, 0.1) is 5.82 Å². The predicted octanol–water partition coefficient (Wildman–Crippen LogP) is 4.19. The van der Waals surface area contributed by atoms with Gasteiger partial charge in [-0.15, -0.1) is 0 Å². The zero-order valence-electron chi connectivity index (χ0n) is 15.0. The average Bonchev–Trinajstić information content (AvgIpc) is 3.34. The molecule has 0 bridgehead atoms. The Morgan fingerprint density at radius 3 is 2.46 bits per heavy atom. The number of carbonyl (C=O) groups is 1. The molecule has 0 aromatic heterocycles. The second-order valence-corrected chi connectivity index (χ2v) is 7.36. The maximum atomic E-state index is 14.7. The Morgan fingerprint density at radius 1 is 0.962 bits per heavy atom. The molecule has 2 fully saturated rings. The lowest BCUT2D eigenvalue weighted by Gasteiger charge is -2.28. The van der Waals surface area contributed by atoms with Crippen molar-refractivity contribution < 1.29 is 9.18 Å². The van der Waals surface area contributed by atoms with E-state index in [-0.39, 0.29) is 17.5 Å². The number of nitrogens with zero attached hydrogens (tertiary/aromatic N) is 2.